The Bertz CT molecular complexity index is 1910. The molecule has 17 heteroatoms. The minimum absolute atomic E-state index is 0.0922. The normalized spacial score (nSPS) is 15.5. The minimum atomic E-state index is -8.67. The van der Waals surface area contributed by atoms with Crippen molar-refractivity contribution >= 4 is 0 Å². The molecule has 0 heterocycles. The van der Waals surface area contributed by atoms with Gasteiger partial charge in [-0.25, -0.2) is 0 Å². The standard InChI is InChI=1S/C38H27F17/c1-2-17-30(18-19-31(39,40)32(41,42)33(43,44)34(45,46)35(47,48)36(49,50)37(51,52)38(53,54)55)28-20-24(22-9-5-3-6-10-22)13-15-26(28)27-16-14-25(21-29(27)30)23-11-7-4-8-12-23/h3-16,20-21H,2,17-19H2,1H3. The van der Waals surface area contributed by atoms with Crippen LogP contribution in [0.2, 0.25) is 0 Å². The number of fused-ring (bicyclic) bond motifs is 3. The predicted molar refractivity (Wildman–Crippen MR) is 168 cm³/mol. The number of rotatable bonds is 13. The fourth-order valence-electron chi connectivity index (χ4n) is 6.93. The monoisotopic (exact) mass is 806 g/mol. The third kappa shape index (κ3) is 6.14. The van der Waals surface area contributed by atoms with Crippen molar-refractivity contribution in [3.8, 4) is 33.4 Å². The zero-order valence-corrected chi connectivity index (χ0v) is 28.0. The Hall–Kier alpha value is -4.31. The van der Waals surface area contributed by atoms with Crippen molar-refractivity contribution in [1.82, 2.24) is 0 Å². The lowest BCUT2D eigenvalue weighted by Gasteiger charge is -2.43. The van der Waals surface area contributed by atoms with E-state index < -0.39 is 65.9 Å². The van der Waals surface area contributed by atoms with Crippen LogP contribution in [0.25, 0.3) is 33.4 Å². The van der Waals surface area contributed by atoms with Gasteiger partial charge < -0.3 is 0 Å². The molecule has 0 aromatic heterocycles. The van der Waals surface area contributed by atoms with Gasteiger partial charge in [0.2, 0.25) is 0 Å². The molecule has 1 aliphatic rings. The molecule has 0 amide bonds. The highest BCUT2D eigenvalue weighted by molar-refractivity contribution is 5.86. The van der Waals surface area contributed by atoms with Crippen molar-refractivity contribution < 1.29 is 74.6 Å². The Morgan fingerprint density at radius 1 is 0.400 bits per heavy atom. The number of halogens is 17. The molecular formula is C38H27F17. The van der Waals surface area contributed by atoms with Crippen LogP contribution in [-0.2, 0) is 5.41 Å². The van der Waals surface area contributed by atoms with Gasteiger partial charge in [-0.05, 0) is 69.5 Å². The molecule has 0 spiro atoms. The number of hydrogen-bond acceptors (Lipinski definition) is 0. The van der Waals surface area contributed by atoms with Gasteiger partial charge in [0, 0.05) is 11.8 Å². The summed E-state index contributed by atoms with van der Waals surface area (Å²) in [5.41, 5.74) is 1.46. The smallest absolute Gasteiger partial charge is 0.200 e. The van der Waals surface area contributed by atoms with Crippen LogP contribution in [0, 0.1) is 0 Å². The Morgan fingerprint density at radius 3 is 1.13 bits per heavy atom. The summed E-state index contributed by atoms with van der Waals surface area (Å²) in [5, 5.41) is 0. The molecule has 0 atom stereocenters. The van der Waals surface area contributed by atoms with Crippen LogP contribution < -0.4 is 0 Å². The van der Waals surface area contributed by atoms with E-state index in [1.165, 1.54) is 12.1 Å². The van der Waals surface area contributed by atoms with E-state index in [4.69, 9.17) is 0 Å². The molecule has 4 aromatic rings. The van der Waals surface area contributed by atoms with Gasteiger partial charge in [-0.15, -0.1) is 0 Å². The number of benzene rings is 4. The van der Waals surface area contributed by atoms with Crippen molar-refractivity contribution in [3.05, 3.63) is 108 Å². The van der Waals surface area contributed by atoms with Gasteiger partial charge in [0.25, 0.3) is 0 Å². The zero-order chi connectivity index (χ0) is 41.3. The van der Waals surface area contributed by atoms with Crippen LogP contribution in [-0.4, -0.2) is 47.6 Å². The van der Waals surface area contributed by atoms with Gasteiger partial charge in [-0.3, -0.25) is 0 Å². The van der Waals surface area contributed by atoms with Crippen molar-refractivity contribution in [2.75, 3.05) is 0 Å². The fourth-order valence-corrected chi connectivity index (χ4v) is 6.93. The summed E-state index contributed by atoms with van der Waals surface area (Å²) in [6, 6.07) is 26.1. The first-order valence-electron chi connectivity index (χ1n) is 16.3. The summed E-state index contributed by atoms with van der Waals surface area (Å²) in [6.45, 7) is 1.54. The average Bonchev–Trinajstić information content (AvgIpc) is 3.38. The van der Waals surface area contributed by atoms with Crippen molar-refractivity contribution in [2.45, 2.75) is 85.7 Å². The quantitative estimate of drug-likeness (QED) is 0.118. The SMILES string of the molecule is CCCC1(CCC(F)(F)C(F)(F)C(F)(F)C(F)(F)C(F)(F)C(F)(F)C(F)(F)C(F)(F)F)c2cc(-c3ccccc3)ccc2-c2ccc(-c3ccccc3)cc21. The van der Waals surface area contributed by atoms with Crippen LogP contribution >= 0.6 is 0 Å². The summed E-state index contributed by atoms with van der Waals surface area (Å²) < 4.78 is 240. The maximum absolute atomic E-state index is 15.5. The summed E-state index contributed by atoms with van der Waals surface area (Å²) >= 11 is 0. The first-order valence-corrected chi connectivity index (χ1v) is 16.3. The lowest BCUT2D eigenvalue weighted by atomic mass is 9.69. The van der Waals surface area contributed by atoms with Gasteiger partial charge in [0.05, 0.1) is 0 Å². The highest BCUT2D eigenvalue weighted by Crippen LogP contribution is 2.65. The molecule has 0 aliphatic heterocycles. The molecule has 4 aromatic carbocycles. The van der Waals surface area contributed by atoms with Gasteiger partial charge in [0.1, 0.15) is 0 Å². The molecule has 0 saturated heterocycles. The average molecular weight is 807 g/mol. The van der Waals surface area contributed by atoms with Crippen LogP contribution in [0.3, 0.4) is 0 Å². The summed E-state index contributed by atoms with van der Waals surface area (Å²) in [6.07, 6.45) is -11.7. The predicted octanol–water partition coefficient (Wildman–Crippen LogP) is 13.9. The molecule has 55 heavy (non-hydrogen) atoms. The minimum Gasteiger partial charge on any atom is -0.200 e. The number of alkyl halides is 17. The van der Waals surface area contributed by atoms with Gasteiger partial charge in [-0.1, -0.05) is 98.3 Å². The molecule has 1 aliphatic carbocycles. The van der Waals surface area contributed by atoms with Gasteiger partial charge in [-0.2, -0.15) is 74.6 Å². The van der Waals surface area contributed by atoms with E-state index >= 15 is 17.6 Å². The third-order valence-electron chi connectivity index (χ3n) is 9.90. The Morgan fingerprint density at radius 2 is 0.764 bits per heavy atom. The highest BCUT2D eigenvalue weighted by Gasteiger charge is 2.95. The van der Waals surface area contributed by atoms with E-state index in [1.54, 1.807) is 91.9 Å². The Balaban J connectivity index is 1.62. The molecule has 298 valence electrons. The van der Waals surface area contributed by atoms with E-state index in [0.29, 0.717) is 33.4 Å². The number of hydrogen-bond donors (Lipinski definition) is 0. The van der Waals surface area contributed by atoms with E-state index in [-0.39, 0.29) is 24.0 Å². The van der Waals surface area contributed by atoms with Gasteiger partial charge >= 0.3 is 47.6 Å². The molecule has 0 saturated carbocycles. The lowest BCUT2D eigenvalue weighted by molar-refractivity contribution is -0.461. The fraction of sp³-hybridized carbons (Fsp3) is 0.368. The van der Waals surface area contributed by atoms with E-state index in [0.717, 1.165) is 0 Å². The van der Waals surface area contributed by atoms with Crippen molar-refractivity contribution in [2.24, 2.45) is 0 Å². The van der Waals surface area contributed by atoms with E-state index in [9.17, 15) is 57.1 Å². The van der Waals surface area contributed by atoms with E-state index in [1.807, 2.05) is 0 Å². The molecule has 0 bridgehead atoms. The first-order chi connectivity index (χ1) is 25.2. The molecule has 0 fully saturated rings. The third-order valence-corrected chi connectivity index (χ3v) is 9.90. The maximum Gasteiger partial charge on any atom is 0.460 e. The lowest BCUT2D eigenvalue weighted by Crippen LogP contribution is -2.74. The Labute approximate surface area is 302 Å². The zero-order valence-electron chi connectivity index (χ0n) is 28.0. The second-order valence-corrected chi connectivity index (χ2v) is 13.2. The molecule has 5 rings (SSSR count). The van der Waals surface area contributed by atoms with Crippen LogP contribution in [0.5, 0.6) is 0 Å². The van der Waals surface area contributed by atoms with Crippen LogP contribution in [0.15, 0.2) is 97.1 Å². The largest absolute Gasteiger partial charge is 0.460 e. The van der Waals surface area contributed by atoms with Crippen molar-refractivity contribution in [1.29, 1.82) is 0 Å². The van der Waals surface area contributed by atoms with E-state index in [2.05, 4.69) is 0 Å². The second-order valence-electron chi connectivity index (χ2n) is 13.2. The topological polar surface area (TPSA) is 0 Å². The van der Waals surface area contributed by atoms with Crippen LogP contribution in [0.4, 0.5) is 74.6 Å². The summed E-state index contributed by atoms with van der Waals surface area (Å²) in [4.78, 5) is 0. The first kappa shape index (κ1) is 41.8. The molecule has 0 nitrogen and oxygen atoms in total. The summed E-state index contributed by atoms with van der Waals surface area (Å²) in [7, 11) is 0. The summed E-state index contributed by atoms with van der Waals surface area (Å²) in [5.74, 6) is -56.6. The Kier molecular flexibility index (Phi) is 10.2. The molecule has 0 unspecified atom stereocenters. The maximum atomic E-state index is 15.5. The molecular weight excluding hydrogens is 779 g/mol. The van der Waals surface area contributed by atoms with Crippen LogP contribution in [0.1, 0.15) is 43.7 Å². The molecule has 0 radical (unpaired) electrons. The molecule has 0 N–H and O–H groups in total. The van der Waals surface area contributed by atoms with Crippen molar-refractivity contribution in [3.63, 3.8) is 0 Å². The second kappa shape index (κ2) is 13.4. The van der Waals surface area contributed by atoms with Gasteiger partial charge in [0.15, 0.2) is 0 Å². The highest BCUT2D eigenvalue weighted by atomic mass is 19.4.